The molecule has 0 amide bonds. The number of rotatable bonds is 2. The fourth-order valence-electron chi connectivity index (χ4n) is 1.84. The van der Waals surface area contributed by atoms with Crippen LogP contribution in [0.15, 0.2) is 35.1 Å². The zero-order chi connectivity index (χ0) is 14.9. The molecule has 2 rings (SSSR count). The van der Waals surface area contributed by atoms with E-state index in [-0.39, 0.29) is 16.3 Å². The second kappa shape index (κ2) is 4.93. The number of carbonyl (C=O) groups is 1. The van der Waals surface area contributed by atoms with E-state index in [0.29, 0.717) is 0 Å². The molecule has 2 aromatic rings. The Labute approximate surface area is 112 Å². The van der Waals surface area contributed by atoms with Crippen molar-refractivity contribution in [2.75, 3.05) is 0 Å². The molecule has 0 saturated carbocycles. The largest absolute Gasteiger partial charge is 0.504 e. The Bertz CT molecular complexity index is 792. The molecule has 20 heavy (non-hydrogen) atoms. The molecule has 0 atom stereocenters. The van der Waals surface area contributed by atoms with Gasteiger partial charge in [-0.25, -0.2) is 4.79 Å². The van der Waals surface area contributed by atoms with Crippen LogP contribution in [0, 0.1) is 0 Å². The fraction of sp³-hybridized carbons (Fsp3) is 0. The smallest absolute Gasteiger partial charge is 0.328 e. The molecule has 0 saturated heterocycles. The Hall–Kier alpha value is -3.02. The van der Waals surface area contributed by atoms with Gasteiger partial charge in [0.2, 0.25) is 5.43 Å². The van der Waals surface area contributed by atoms with Gasteiger partial charge in [0, 0.05) is 6.08 Å². The van der Waals surface area contributed by atoms with Crippen LogP contribution in [0.5, 0.6) is 17.2 Å². The van der Waals surface area contributed by atoms with E-state index in [1.165, 1.54) is 18.2 Å². The molecule has 0 spiro atoms. The van der Waals surface area contributed by atoms with Crippen LogP contribution in [0.1, 0.15) is 5.56 Å². The molecule has 0 heterocycles. The summed E-state index contributed by atoms with van der Waals surface area (Å²) in [5.41, 5.74) is -0.631. The van der Waals surface area contributed by atoms with Gasteiger partial charge in [0.05, 0.1) is 5.39 Å². The maximum absolute atomic E-state index is 11.9. The maximum Gasteiger partial charge on any atom is 0.328 e. The molecule has 4 N–H and O–H groups in total. The minimum absolute atomic E-state index is 0.211. The molecule has 0 bridgehead atoms. The highest BCUT2D eigenvalue weighted by Crippen LogP contribution is 2.35. The average Bonchev–Trinajstić information content (AvgIpc) is 2.53. The van der Waals surface area contributed by atoms with Crippen LogP contribution in [-0.4, -0.2) is 26.4 Å². The number of phenols is 2. The Kier molecular flexibility index (Phi) is 3.30. The van der Waals surface area contributed by atoms with Gasteiger partial charge >= 0.3 is 5.97 Å². The SMILES string of the molecule is O=C(O)/C=C/c1cc(O)c(O)c2c(=O)c(O)cccc12. The first-order valence-corrected chi connectivity index (χ1v) is 5.53. The lowest BCUT2D eigenvalue weighted by Gasteiger charge is -2.04. The Morgan fingerprint density at radius 2 is 1.80 bits per heavy atom. The van der Waals surface area contributed by atoms with Gasteiger partial charge in [-0.3, -0.25) is 4.79 Å². The topological polar surface area (TPSA) is 115 Å². The number of hydrogen-bond donors (Lipinski definition) is 4. The third-order valence-corrected chi connectivity index (χ3v) is 2.73. The van der Waals surface area contributed by atoms with E-state index in [1.807, 2.05) is 0 Å². The number of benzene rings is 1. The van der Waals surface area contributed by atoms with Crippen LogP contribution in [0.2, 0.25) is 0 Å². The minimum Gasteiger partial charge on any atom is -0.504 e. The lowest BCUT2D eigenvalue weighted by molar-refractivity contribution is -0.131. The molecular weight excluding hydrogens is 264 g/mol. The van der Waals surface area contributed by atoms with Crippen LogP contribution in [0.3, 0.4) is 0 Å². The molecule has 102 valence electrons. The van der Waals surface area contributed by atoms with E-state index in [1.54, 1.807) is 0 Å². The minimum atomic E-state index is -1.20. The first kappa shape index (κ1) is 13.4. The van der Waals surface area contributed by atoms with E-state index < -0.39 is 28.6 Å². The van der Waals surface area contributed by atoms with Crippen molar-refractivity contribution in [3.8, 4) is 17.2 Å². The molecule has 0 aliphatic heterocycles. The summed E-state index contributed by atoms with van der Waals surface area (Å²) in [5.74, 6) is -3.03. The molecule has 0 aliphatic rings. The predicted octanol–water partition coefficient (Wildman–Crippen LogP) is 1.41. The fourth-order valence-corrected chi connectivity index (χ4v) is 1.84. The van der Waals surface area contributed by atoms with Crippen LogP contribution >= 0.6 is 0 Å². The summed E-state index contributed by atoms with van der Waals surface area (Å²) in [6.07, 6.45) is 2.02. The third-order valence-electron chi connectivity index (χ3n) is 2.73. The van der Waals surface area contributed by atoms with Crippen molar-refractivity contribution < 1.29 is 25.2 Å². The number of aromatic hydroxyl groups is 3. The number of fused-ring (bicyclic) bond motifs is 1. The van der Waals surface area contributed by atoms with Gasteiger partial charge in [-0.05, 0) is 29.2 Å². The first-order valence-electron chi connectivity index (χ1n) is 5.53. The van der Waals surface area contributed by atoms with Crippen molar-refractivity contribution in [3.63, 3.8) is 0 Å². The van der Waals surface area contributed by atoms with E-state index in [2.05, 4.69) is 0 Å². The highest BCUT2D eigenvalue weighted by atomic mass is 16.4. The number of phenolic OH excluding ortho intramolecular Hbond substituents is 2. The number of carboxylic acid groups (broad SMARTS) is 1. The van der Waals surface area contributed by atoms with E-state index in [9.17, 15) is 24.9 Å². The van der Waals surface area contributed by atoms with E-state index >= 15 is 0 Å². The Balaban J connectivity index is 2.97. The monoisotopic (exact) mass is 274 g/mol. The third kappa shape index (κ3) is 2.26. The van der Waals surface area contributed by atoms with Gasteiger partial charge in [0.25, 0.3) is 0 Å². The molecule has 0 aliphatic carbocycles. The van der Waals surface area contributed by atoms with Crippen LogP contribution < -0.4 is 5.43 Å². The average molecular weight is 274 g/mol. The number of aliphatic carboxylic acids is 1. The van der Waals surface area contributed by atoms with Gasteiger partial charge in [-0.1, -0.05) is 12.1 Å². The molecule has 6 heteroatoms. The van der Waals surface area contributed by atoms with E-state index in [0.717, 1.165) is 18.2 Å². The van der Waals surface area contributed by atoms with Crippen molar-refractivity contribution in [1.82, 2.24) is 0 Å². The summed E-state index contributed by atoms with van der Waals surface area (Å²) in [5, 5.41) is 37.4. The number of carboxylic acids is 1. The Morgan fingerprint density at radius 1 is 1.10 bits per heavy atom. The summed E-state index contributed by atoms with van der Waals surface area (Å²) in [6.45, 7) is 0. The van der Waals surface area contributed by atoms with E-state index in [4.69, 9.17) is 5.11 Å². The predicted molar refractivity (Wildman–Crippen MR) is 71.9 cm³/mol. The van der Waals surface area contributed by atoms with Gasteiger partial charge in [0.15, 0.2) is 17.2 Å². The normalized spacial score (nSPS) is 11.0. The van der Waals surface area contributed by atoms with Crippen molar-refractivity contribution in [1.29, 1.82) is 0 Å². The summed E-state index contributed by atoms with van der Waals surface area (Å²) in [6, 6.07) is 5.09. The zero-order valence-corrected chi connectivity index (χ0v) is 10.1. The standard InChI is InChI=1S/C14H10O6/c15-9-3-1-2-8-7(4-5-11(17)18)6-10(16)14(20)12(8)13(9)19/h1-6,16,20H,(H,15,19)(H,17,18)/b5-4+. The molecule has 0 radical (unpaired) electrons. The molecular formula is C14H10O6. The van der Waals surface area contributed by atoms with Gasteiger partial charge in [-0.2, -0.15) is 0 Å². The lowest BCUT2D eigenvalue weighted by atomic mass is 10.0. The summed E-state index contributed by atoms with van der Waals surface area (Å²) in [7, 11) is 0. The molecule has 0 fully saturated rings. The Morgan fingerprint density at radius 3 is 2.45 bits per heavy atom. The lowest BCUT2D eigenvalue weighted by Crippen LogP contribution is -1.98. The van der Waals surface area contributed by atoms with Gasteiger partial charge in [0.1, 0.15) is 0 Å². The highest BCUT2D eigenvalue weighted by Gasteiger charge is 2.13. The van der Waals surface area contributed by atoms with Crippen LogP contribution in [0.25, 0.3) is 16.8 Å². The first-order chi connectivity index (χ1) is 9.41. The van der Waals surface area contributed by atoms with Crippen molar-refractivity contribution in [3.05, 3.63) is 46.1 Å². The second-order valence-electron chi connectivity index (χ2n) is 4.03. The second-order valence-corrected chi connectivity index (χ2v) is 4.03. The molecule has 0 aromatic heterocycles. The molecule has 6 nitrogen and oxygen atoms in total. The van der Waals surface area contributed by atoms with Crippen molar-refractivity contribution in [2.45, 2.75) is 0 Å². The number of hydrogen-bond acceptors (Lipinski definition) is 5. The van der Waals surface area contributed by atoms with Gasteiger partial charge in [-0.15, -0.1) is 0 Å². The highest BCUT2D eigenvalue weighted by molar-refractivity contribution is 5.98. The summed E-state index contributed by atoms with van der Waals surface area (Å²) < 4.78 is 0. The maximum atomic E-state index is 11.9. The van der Waals surface area contributed by atoms with Gasteiger partial charge < -0.3 is 20.4 Å². The molecule has 0 unspecified atom stereocenters. The van der Waals surface area contributed by atoms with Crippen LogP contribution in [0.4, 0.5) is 0 Å². The van der Waals surface area contributed by atoms with Crippen LogP contribution in [-0.2, 0) is 4.79 Å². The zero-order valence-electron chi connectivity index (χ0n) is 10.1. The molecule has 2 aromatic carbocycles. The quantitative estimate of drug-likeness (QED) is 0.486. The summed E-state index contributed by atoms with van der Waals surface area (Å²) >= 11 is 0. The summed E-state index contributed by atoms with van der Waals surface area (Å²) in [4.78, 5) is 22.5. The van der Waals surface area contributed by atoms with Crippen molar-refractivity contribution in [2.24, 2.45) is 0 Å². The van der Waals surface area contributed by atoms with Crippen molar-refractivity contribution >= 4 is 22.8 Å².